The third kappa shape index (κ3) is 8.87. The number of hydrogen-bond donors (Lipinski definition) is 0. The summed E-state index contributed by atoms with van der Waals surface area (Å²) >= 11 is 0. The molecule has 0 saturated heterocycles. The second-order valence-electron chi connectivity index (χ2n) is 8.86. The Morgan fingerprint density at radius 3 is 2.31 bits per heavy atom. The summed E-state index contributed by atoms with van der Waals surface area (Å²) in [4.78, 5) is 41.2. The first kappa shape index (κ1) is 28.6. The van der Waals surface area contributed by atoms with Gasteiger partial charge in [-0.2, -0.15) is 0 Å². The zero-order valence-corrected chi connectivity index (χ0v) is 21.7. The van der Waals surface area contributed by atoms with E-state index in [0.717, 1.165) is 0 Å². The predicted molar refractivity (Wildman–Crippen MR) is 132 cm³/mol. The molecule has 0 aliphatic rings. The molecule has 0 saturated carbocycles. The number of Topliss-reactive ketones (excluding diaryl/α,β-unsaturated/α-hetero) is 1. The smallest absolute Gasteiger partial charge is 0.309 e. The Balaban J connectivity index is 2.09. The molecule has 2 aromatic rings. The number of methoxy groups -OCH3 is 1. The molecule has 1 heterocycles. The molecule has 0 bridgehead atoms. The number of benzene rings is 1. The Morgan fingerprint density at radius 1 is 1.00 bits per heavy atom. The van der Waals surface area contributed by atoms with Crippen molar-refractivity contribution in [3.05, 3.63) is 48.3 Å². The third-order valence-electron chi connectivity index (χ3n) is 5.27. The summed E-state index contributed by atoms with van der Waals surface area (Å²) in [7, 11) is 1.41. The number of ether oxygens (including phenoxy) is 5. The summed E-state index contributed by atoms with van der Waals surface area (Å²) < 4.78 is 27.3. The van der Waals surface area contributed by atoms with Crippen molar-refractivity contribution in [1.82, 2.24) is 4.98 Å². The molecule has 0 unspecified atom stereocenters. The number of aromatic nitrogens is 1. The van der Waals surface area contributed by atoms with E-state index in [-0.39, 0.29) is 35.6 Å². The molecule has 0 fully saturated rings. The second kappa shape index (κ2) is 14.1. The Morgan fingerprint density at radius 2 is 1.69 bits per heavy atom. The Kier molecular flexibility index (Phi) is 11.2. The van der Waals surface area contributed by atoms with E-state index in [1.54, 1.807) is 6.92 Å². The average molecular weight is 502 g/mol. The number of carbonyl (C=O) groups is 3. The second-order valence-corrected chi connectivity index (χ2v) is 8.86. The van der Waals surface area contributed by atoms with E-state index in [0.29, 0.717) is 12.2 Å². The van der Waals surface area contributed by atoms with Crippen LogP contribution in [-0.4, -0.2) is 48.8 Å². The molecule has 3 atom stereocenters. The van der Waals surface area contributed by atoms with Gasteiger partial charge in [-0.3, -0.25) is 14.4 Å². The molecule has 0 radical (unpaired) electrons. The lowest BCUT2D eigenvalue weighted by Crippen LogP contribution is -2.36. The van der Waals surface area contributed by atoms with Crippen molar-refractivity contribution in [2.45, 2.75) is 59.7 Å². The number of esters is 2. The fourth-order valence-electron chi connectivity index (χ4n) is 3.41. The van der Waals surface area contributed by atoms with E-state index in [2.05, 4.69) is 4.98 Å². The number of carbonyl (C=O) groups excluding carboxylic acids is 3. The highest BCUT2D eigenvalue weighted by Gasteiger charge is 2.29. The third-order valence-corrected chi connectivity index (χ3v) is 5.27. The van der Waals surface area contributed by atoms with Crippen molar-refractivity contribution in [2.24, 2.45) is 11.8 Å². The standard InChI is InChI=1S/C27H35NO8/c1-17(2)14-24(19(4)35-21-10-8-7-9-11-21)36-27(31)18(3)15-22(30)25-26(34-16-33-20(5)29)23(32-6)12-13-28-25/h7-13,17-19,24H,14-16H2,1-6H3/t18-,19-,24-/m1/s1. The van der Waals surface area contributed by atoms with E-state index >= 15 is 0 Å². The summed E-state index contributed by atoms with van der Waals surface area (Å²) in [6, 6.07) is 10.8. The molecule has 1 aromatic carbocycles. The van der Waals surface area contributed by atoms with Gasteiger partial charge in [0.05, 0.1) is 13.0 Å². The maximum atomic E-state index is 13.0. The van der Waals surface area contributed by atoms with Crippen LogP contribution in [0.2, 0.25) is 0 Å². The summed E-state index contributed by atoms with van der Waals surface area (Å²) in [5, 5.41) is 0. The lowest BCUT2D eigenvalue weighted by molar-refractivity contribution is -0.159. The van der Waals surface area contributed by atoms with Crippen LogP contribution in [-0.2, 0) is 19.1 Å². The predicted octanol–water partition coefficient (Wildman–Crippen LogP) is 4.62. The topological polar surface area (TPSA) is 110 Å². The van der Waals surface area contributed by atoms with Crippen molar-refractivity contribution < 1.29 is 38.1 Å². The van der Waals surface area contributed by atoms with Crippen LogP contribution in [0.1, 0.15) is 57.9 Å². The number of ketones is 1. The minimum absolute atomic E-state index is 0.0272. The van der Waals surface area contributed by atoms with Gasteiger partial charge in [-0.25, -0.2) is 4.98 Å². The number of rotatable bonds is 14. The number of nitrogens with zero attached hydrogens (tertiary/aromatic N) is 1. The van der Waals surface area contributed by atoms with Crippen molar-refractivity contribution in [2.75, 3.05) is 13.9 Å². The van der Waals surface area contributed by atoms with Gasteiger partial charge in [0.25, 0.3) is 0 Å². The molecular weight excluding hydrogens is 466 g/mol. The molecule has 0 aliphatic heterocycles. The van der Waals surface area contributed by atoms with Gasteiger partial charge in [-0.05, 0) is 31.4 Å². The van der Waals surface area contributed by atoms with Crippen LogP contribution in [0.3, 0.4) is 0 Å². The van der Waals surface area contributed by atoms with Crippen LogP contribution in [0.4, 0.5) is 0 Å². The van der Waals surface area contributed by atoms with Crippen molar-refractivity contribution in [3.63, 3.8) is 0 Å². The highest BCUT2D eigenvalue weighted by atomic mass is 16.7. The molecule has 9 nitrogen and oxygen atoms in total. The van der Waals surface area contributed by atoms with Gasteiger partial charge in [0.2, 0.25) is 6.79 Å². The Bertz CT molecular complexity index is 1010. The van der Waals surface area contributed by atoms with Gasteiger partial charge in [-0.15, -0.1) is 0 Å². The van der Waals surface area contributed by atoms with E-state index in [1.165, 1.54) is 26.3 Å². The highest BCUT2D eigenvalue weighted by Crippen LogP contribution is 2.31. The molecule has 0 aliphatic carbocycles. The lowest BCUT2D eigenvalue weighted by Gasteiger charge is -2.27. The molecule has 36 heavy (non-hydrogen) atoms. The molecule has 0 N–H and O–H groups in total. The minimum Gasteiger partial charge on any atom is -0.493 e. The number of hydrogen-bond acceptors (Lipinski definition) is 9. The molecule has 9 heteroatoms. The molecule has 196 valence electrons. The van der Waals surface area contributed by atoms with Gasteiger partial charge in [0.1, 0.15) is 18.0 Å². The fraction of sp³-hybridized carbons (Fsp3) is 0.481. The highest BCUT2D eigenvalue weighted by molar-refractivity contribution is 5.99. The summed E-state index contributed by atoms with van der Waals surface area (Å²) in [6.45, 7) is 8.38. The zero-order valence-electron chi connectivity index (χ0n) is 21.7. The van der Waals surface area contributed by atoms with E-state index in [9.17, 15) is 14.4 Å². The van der Waals surface area contributed by atoms with Crippen LogP contribution in [0, 0.1) is 11.8 Å². The average Bonchev–Trinajstić information content (AvgIpc) is 2.83. The first-order valence-electron chi connectivity index (χ1n) is 11.9. The molecule has 0 amide bonds. The first-order chi connectivity index (χ1) is 17.1. The van der Waals surface area contributed by atoms with Crippen LogP contribution in [0.5, 0.6) is 17.2 Å². The quantitative estimate of drug-likeness (QED) is 0.208. The molecule has 1 aromatic heterocycles. The first-order valence-corrected chi connectivity index (χ1v) is 11.9. The maximum Gasteiger partial charge on any atom is 0.309 e. The monoisotopic (exact) mass is 501 g/mol. The normalized spacial score (nSPS) is 13.3. The van der Waals surface area contributed by atoms with Crippen molar-refractivity contribution >= 4 is 17.7 Å². The minimum atomic E-state index is -0.745. The van der Waals surface area contributed by atoms with E-state index in [4.69, 9.17) is 23.7 Å². The van der Waals surface area contributed by atoms with Gasteiger partial charge in [0, 0.05) is 25.6 Å². The van der Waals surface area contributed by atoms with Crippen LogP contribution < -0.4 is 14.2 Å². The van der Waals surface area contributed by atoms with Crippen molar-refractivity contribution in [1.29, 1.82) is 0 Å². The van der Waals surface area contributed by atoms with Gasteiger partial charge < -0.3 is 23.7 Å². The summed E-state index contributed by atoms with van der Waals surface area (Å²) in [6.07, 6.45) is 0.961. The lowest BCUT2D eigenvalue weighted by atomic mass is 10.00. The maximum absolute atomic E-state index is 13.0. The Labute approximate surface area is 212 Å². The molecular formula is C27H35NO8. The van der Waals surface area contributed by atoms with Crippen LogP contribution >= 0.6 is 0 Å². The molecule has 2 rings (SSSR count). The van der Waals surface area contributed by atoms with Gasteiger partial charge in [0.15, 0.2) is 23.0 Å². The van der Waals surface area contributed by atoms with Gasteiger partial charge >= 0.3 is 11.9 Å². The van der Waals surface area contributed by atoms with Crippen LogP contribution in [0.25, 0.3) is 0 Å². The summed E-state index contributed by atoms with van der Waals surface area (Å²) in [5.41, 5.74) is -0.0272. The van der Waals surface area contributed by atoms with E-state index in [1.807, 2.05) is 51.1 Å². The number of pyridine rings is 1. The van der Waals surface area contributed by atoms with E-state index < -0.39 is 36.5 Å². The van der Waals surface area contributed by atoms with Gasteiger partial charge in [-0.1, -0.05) is 39.0 Å². The summed E-state index contributed by atoms with van der Waals surface area (Å²) in [5.74, 6) is -1.00. The zero-order chi connectivity index (χ0) is 26.7. The SMILES string of the molecule is COc1ccnc(C(=O)C[C@@H](C)C(=O)O[C@H](CC(C)C)[C@@H](C)Oc2ccccc2)c1OCOC(C)=O. The Hall–Kier alpha value is -3.62. The fourth-order valence-corrected chi connectivity index (χ4v) is 3.41. The molecule has 0 spiro atoms. The van der Waals surface area contributed by atoms with Crippen LogP contribution in [0.15, 0.2) is 42.6 Å². The number of para-hydroxylation sites is 1. The largest absolute Gasteiger partial charge is 0.493 e. The van der Waals surface area contributed by atoms with Crippen molar-refractivity contribution in [3.8, 4) is 17.2 Å².